The molecular weight excluding hydrogens is 404 g/mol. The quantitative estimate of drug-likeness (QED) is 0.590. The molecule has 2 aromatic carbocycles. The molecule has 32 heavy (non-hydrogen) atoms. The highest BCUT2D eigenvalue weighted by Crippen LogP contribution is 2.41. The van der Waals surface area contributed by atoms with Crippen LogP contribution in [0.25, 0.3) is 11.0 Å². The SMILES string of the molecule is Cc1cc(C)c2c(c1)OC1(CCN(C(=O)Cc3noc4cc(C)cc(C)c34)CC1)CC2=O. The molecule has 1 saturated heterocycles. The molecule has 1 fully saturated rings. The molecule has 1 aromatic heterocycles. The second kappa shape index (κ2) is 7.47. The number of ether oxygens (including phenoxy) is 1. The van der Waals surface area contributed by atoms with Crippen molar-refractivity contribution in [3.05, 3.63) is 57.8 Å². The van der Waals surface area contributed by atoms with E-state index >= 15 is 0 Å². The van der Waals surface area contributed by atoms with Crippen LogP contribution in [0.1, 0.15) is 57.6 Å². The molecule has 3 aromatic rings. The van der Waals surface area contributed by atoms with Crippen LogP contribution in [0.5, 0.6) is 5.75 Å². The number of likely N-dealkylation sites (tertiary alicyclic amines) is 1. The highest BCUT2D eigenvalue weighted by molar-refractivity contribution is 6.01. The molecule has 6 heteroatoms. The van der Waals surface area contributed by atoms with E-state index in [0.29, 0.717) is 49.4 Å². The van der Waals surface area contributed by atoms with Gasteiger partial charge in [0.25, 0.3) is 0 Å². The number of aromatic nitrogens is 1. The maximum absolute atomic E-state index is 13.0. The van der Waals surface area contributed by atoms with Crippen molar-refractivity contribution in [1.29, 1.82) is 0 Å². The van der Waals surface area contributed by atoms with E-state index in [2.05, 4.69) is 11.2 Å². The Kier molecular flexibility index (Phi) is 4.84. The first-order valence-electron chi connectivity index (χ1n) is 11.2. The minimum Gasteiger partial charge on any atom is -0.486 e. The number of rotatable bonds is 2. The zero-order valence-corrected chi connectivity index (χ0v) is 19.1. The highest BCUT2D eigenvalue weighted by atomic mass is 16.5. The third-order valence-corrected chi connectivity index (χ3v) is 6.86. The lowest BCUT2D eigenvalue weighted by molar-refractivity contribution is -0.134. The van der Waals surface area contributed by atoms with Crippen molar-refractivity contribution in [2.24, 2.45) is 0 Å². The molecule has 0 atom stereocenters. The Morgan fingerprint density at radius 2 is 1.72 bits per heavy atom. The molecule has 0 radical (unpaired) electrons. The van der Waals surface area contributed by atoms with Crippen molar-refractivity contribution < 1.29 is 18.8 Å². The van der Waals surface area contributed by atoms with Gasteiger partial charge in [-0.25, -0.2) is 0 Å². The zero-order valence-electron chi connectivity index (χ0n) is 19.1. The van der Waals surface area contributed by atoms with Gasteiger partial charge in [0.2, 0.25) is 5.91 Å². The fourth-order valence-electron chi connectivity index (χ4n) is 5.36. The molecule has 0 N–H and O–H groups in total. The molecule has 0 aliphatic carbocycles. The molecule has 3 heterocycles. The van der Waals surface area contributed by atoms with Crippen LogP contribution >= 0.6 is 0 Å². The number of ketones is 1. The first-order valence-corrected chi connectivity index (χ1v) is 11.2. The highest BCUT2D eigenvalue weighted by Gasteiger charge is 2.44. The van der Waals surface area contributed by atoms with Crippen molar-refractivity contribution in [2.75, 3.05) is 13.1 Å². The number of Topliss-reactive ketones (excluding diaryl/α,β-unsaturated/α-hetero) is 1. The molecule has 2 aliphatic heterocycles. The third kappa shape index (κ3) is 3.48. The van der Waals surface area contributed by atoms with Crippen molar-refractivity contribution in [3.63, 3.8) is 0 Å². The monoisotopic (exact) mass is 432 g/mol. The fourth-order valence-corrected chi connectivity index (χ4v) is 5.36. The van der Waals surface area contributed by atoms with Crippen LogP contribution in [0.2, 0.25) is 0 Å². The Bertz CT molecular complexity index is 1250. The van der Waals surface area contributed by atoms with Gasteiger partial charge in [-0.1, -0.05) is 17.3 Å². The summed E-state index contributed by atoms with van der Waals surface area (Å²) in [6.45, 7) is 9.15. The van der Waals surface area contributed by atoms with E-state index in [-0.39, 0.29) is 18.1 Å². The van der Waals surface area contributed by atoms with Gasteiger partial charge in [0.15, 0.2) is 11.4 Å². The van der Waals surface area contributed by atoms with Gasteiger partial charge in [0.1, 0.15) is 17.0 Å². The first-order chi connectivity index (χ1) is 15.2. The van der Waals surface area contributed by atoms with Gasteiger partial charge < -0.3 is 14.2 Å². The second-order valence-corrected chi connectivity index (χ2v) is 9.48. The van der Waals surface area contributed by atoms with E-state index in [9.17, 15) is 9.59 Å². The number of benzene rings is 2. The van der Waals surface area contributed by atoms with E-state index in [1.54, 1.807) is 0 Å². The third-order valence-electron chi connectivity index (χ3n) is 6.86. The smallest absolute Gasteiger partial charge is 0.228 e. The van der Waals surface area contributed by atoms with Gasteiger partial charge >= 0.3 is 0 Å². The molecule has 166 valence electrons. The van der Waals surface area contributed by atoms with Crippen LogP contribution in [0.3, 0.4) is 0 Å². The van der Waals surface area contributed by atoms with Crippen LogP contribution in [0.15, 0.2) is 28.8 Å². The minimum atomic E-state index is -0.518. The van der Waals surface area contributed by atoms with Crippen molar-refractivity contribution in [2.45, 2.75) is 59.0 Å². The van der Waals surface area contributed by atoms with E-state index in [4.69, 9.17) is 9.26 Å². The normalized spacial score (nSPS) is 17.5. The predicted octanol–water partition coefficient (Wildman–Crippen LogP) is 4.63. The number of hydrogen-bond acceptors (Lipinski definition) is 5. The first kappa shape index (κ1) is 20.7. The second-order valence-electron chi connectivity index (χ2n) is 9.48. The Morgan fingerprint density at radius 3 is 2.47 bits per heavy atom. The molecule has 0 saturated carbocycles. The van der Waals surface area contributed by atoms with Crippen LogP contribution in [0, 0.1) is 27.7 Å². The Labute approximate surface area is 187 Å². The number of piperidine rings is 1. The van der Waals surface area contributed by atoms with Crippen LogP contribution in [0.4, 0.5) is 0 Å². The lowest BCUT2D eigenvalue weighted by Crippen LogP contribution is -2.52. The summed E-state index contributed by atoms with van der Waals surface area (Å²) >= 11 is 0. The molecule has 1 amide bonds. The molecule has 0 unspecified atom stereocenters. The number of fused-ring (bicyclic) bond motifs is 2. The van der Waals surface area contributed by atoms with E-state index in [0.717, 1.165) is 33.2 Å². The van der Waals surface area contributed by atoms with Crippen LogP contribution in [-0.4, -0.2) is 40.4 Å². The molecule has 2 aliphatic rings. The summed E-state index contributed by atoms with van der Waals surface area (Å²) in [4.78, 5) is 27.8. The standard InChI is InChI=1S/C26H28N2O4/c1-15-10-18(4)25-20(29)14-26(31-21(25)11-15)5-7-28(8-6-26)23(30)13-19-24-17(3)9-16(2)12-22(24)32-27-19/h9-12H,5-8,13-14H2,1-4H3. The number of nitrogens with zero attached hydrogens (tertiary/aromatic N) is 2. The lowest BCUT2D eigenvalue weighted by atomic mass is 9.81. The zero-order chi connectivity index (χ0) is 22.6. The summed E-state index contributed by atoms with van der Waals surface area (Å²) in [5, 5.41) is 5.11. The van der Waals surface area contributed by atoms with Crippen molar-refractivity contribution >= 4 is 22.7 Å². The summed E-state index contributed by atoms with van der Waals surface area (Å²) in [5.74, 6) is 0.867. The lowest BCUT2D eigenvalue weighted by Gasteiger charge is -2.44. The maximum atomic E-state index is 13.0. The number of carbonyl (C=O) groups excluding carboxylic acids is 2. The average Bonchev–Trinajstić information content (AvgIpc) is 3.10. The molecular formula is C26H28N2O4. The van der Waals surface area contributed by atoms with Crippen LogP contribution in [-0.2, 0) is 11.2 Å². The molecule has 5 rings (SSSR count). The Morgan fingerprint density at radius 1 is 1.03 bits per heavy atom. The van der Waals surface area contributed by atoms with Crippen molar-refractivity contribution in [1.82, 2.24) is 10.1 Å². The van der Waals surface area contributed by atoms with Gasteiger partial charge in [-0.2, -0.15) is 0 Å². The number of carbonyl (C=O) groups is 2. The van der Waals surface area contributed by atoms with Gasteiger partial charge in [0.05, 0.1) is 18.4 Å². The number of aryl methyl sites for hydroxylation is 4. The fraction of sp³-hybridized carbons (Fsp3) is 0.423. The summed E-state index contributed by atoms with van der Waals surface area (Å²) < 4.78 is 11.9. The van der Waals surface area contributed by atoms with Gasteiger partial charge in [-0.3, -0.25) is 9.59 Å². The topological polar surface area (TPSA) is 72.6 Å². The number of amides is 1. The summed E-state index contributed by atoms with van der Waals surface area (Å²) in [6, 6.07) is 8.01. The summed E-state index contributed by atoms with van der Waals surface area (Å²) in [6.07, 6.45) is 1.88. The van der Waals surface area contributed by atoms with E-state index in [1.165, 1.54) is 0 Å². The summed E-state index contributed by atoms with van der Waals surface area (Å²) in [5.41, 5.74) is 5.84. The van der Waals surface area contributed by atoms with E-state index in [1.807, 2.05) is 50.8 Å². The minimum absolute atomic E-state index is 0.0317. The predicted molar refractivity (Wildman–Crippen MR) is 121 cm³/mol. The molecule has 6 nitrogen and oxygen atoms in total. The number of hydrogen-bond donors (Lipinski definition) is 0. The maximum Gasteiger partial charge on any atom is 0.228 e. The molecule has 0 bridgehead atoms. The molecule has 1 spiro atoms. The van der Waals surface area contributed by atoms with Gasteiger partial charge in [0, 0.05) is 31.3 Å². The van der Waals surface area contributed by atoms with Gasteiger partial charge in [-0.05, 0) is 62.1 Å². The Hall–Kier alpha value is -3.15. The average molecular weight is 433 g/mol. The van der Waals surface area contributed by atoms with Crippen molar-refractivity contribution in [3.8, 4) is 5.75 Å². The van der Waals surface area contributed by atoms with Gasteiger partial charge in [-0.15, -0.1) is 0 Å². The van der Waals surface area contributed by atoms with E-state index < -0.39 is 5.60 Å². The summed E-state index contributed by atoms with van der Waals surface area (Å²) in [7, 11) is 0. The Balaban J connectivity index is 1.30. The van der Waals surface area contributed by atoms with Crippen LogP contribution < -0.4 is 4.74 Å². The largest absolute Gasteiger partial charge is 0.486 e.